The summed E-state index contributed by atoms with van der Waals surface area (Å²) in [7, 11) is 0. The molecule has 21 heavy (non-hydrogen) atoms. The van der Waals surface area contributed by atoms with E-state index >= 15 is 0 Å². The number of rotatable bonds is 2. The van der Waals surface area contributed by atoms with Crippen LogP contribution in [0, 0.1) is 12.7 Å². The molecule has 0 saturated carbocycles. The zero-order valence-electron chi connectivity index (χ0n) is 11.0. The summed E-state index contributed by atoms with van der Waals surface area (Å²) in [6.45, 7) is 1.61. The standard InChI is InChI=1S/C15H10ClFN2OS/c1-8-6-9(2-4-11(8)17)15(20)19-13-10(16)3-5-12-14(13)18-7-21-12/h2-7H,1H3,(H,19,20). The highest BCUT2D eigenvalue weighted by Gasteiger charge is 2.14. The first-order valence-corrected chi connectivity index (χ1v) is 7.41. The molecule has 3 aromatic rings. The molecule has 3 nitrogen and oxygen atoms in total. The first-order chi connectivity index (χ1) is 10.1. The number of nitrogens with one attached hydrogen (secondary N) is 1. The lowest BCUT2D eigenvalue weighted by Crippen LogP contribution is -2.13. The van der Waals surface area contributed by atoms with Crippen molar-refractivity contribution in [3.63, 3.8) is 0 Å². The molecule has 0 bridgehead atoms. The summed E-state index contributed by atoms with van der Waals surface area (Å²) in [4.78, 5) is 16.5. The van der Waals surface area contributed by atoms with Crippen molar-refractivity contribution in [2.75, 3.05) is 5.32 Å². The number of carbonyl (C=O) groups is 1. The third-order valence-electron chi connectivity index (χ3n) is 3.11. The number of amides is 1. The van der Waals surface area contributed by atoms with Crippen molar-refractivity contribution in [1.29, 1.82) is 0 Å². The molecule has 0 radical (unpaired) electrons. The normalized spacial score (nSPS) is 10.8. The van der Waals surface area contributed by atoms with Gasteiger partial charge in [0.15, 0.2) is 0 Å². The number of hydrogen-bond donors (Lipinski definition) is 1. The number of aryl methyl sites for hydroxylation is 1. The number of hydrogen-bond acceptors (Lipinski definition) is 3. The topological polar surface area (TPSA) is 42.0 Å². The number of thiazole rings is 1. The minimum absolute atomic E-state index is 0.341. The Kier molecular flexibility index (Phi) is 3.61. The van der Waals surface area contributed by atoms with E-state index in [1.54, 1.807) is 18.5 Å². The van der Waals surface area contributed by atoms with E-state index in [0.29, 0.717) is 27.4 Å². The maximum atomic E-state index is 13.3. The second-order valence-corrected chi connectivity index (χ2v) is 5.83. The highest BCUT2D eigenvalue weighted by Crippen LogP contribution is 2.32. The Labute approximate surface area is 129 Å². The molecule has 0 aliphatic carbocycles. The van der Waals surface area contributed by atoms with Gasteiger partial charge in [-0.1, -0.05) is 11.6 Å². The molecule has 6 heteroatoms. The zero-order valence-corrected chi connectivity index (χ0v) is 12.6. The maximum absolute atomic E-state index is 13.3. The molecule has 0 saturated heterocycles. The Bertz CT molecular complexity index is 847. The van der Waals surface area contributed by atoms with E-state index in [9.17, 15) is 9.18 Å². The predicted octanol–water partition coefficient (Wildman–Crippen LogP) is 4.65. The zero-order chi connectivity index (χ0) is 15.0. The molecule has 2 aromatic carbocycles. The van der Waals surface area contributed by atoms with Crippen LogP contribution in [0.25, 0.3) is 10.2 Å². The maximum Gasteiger partial charge on any atom is 0.255 e. The van der Waals surface area contributed by atoms with E-state index in [1.165, 1.54) is 29.5 Å². The van der Waals surface area contributed by atoms with Gasteiger partial charge in [0, 0.05) is 5.56 Å². The Hall–Kier alpha value is -1.98. The van der Waals surface area contributed by atoms with Gasteiger partial charge in [0.2, 0.25) is 0 Å². The number of nitrogens with zero attached hydrogens (tertiary/aromatic N) is 1. The molecule has 0 spiro atoms. The highest BCUT2D eigenvalue weighted by molar-refractivity contribution is 7.16. The number of carbonyl (C=O) groups excluding carboxylic acids is 1. The molecule has 1 amide bonds. The molecule has 0 unspecified atom stereocenters. The van der Waals surface area contributed by atoms with Gasteiger partial charge in [0.1, 0.15) is 11.3 Å². The molecule has 0 aliphatic rings. The van der Waals surface area contributed by atoms with Gasteiger partial charge in [0.25, 0.3) is 5.91 Å². The average Bonchev–Trinajstić information content (AvgIpc) is 2.93. The summed E-state index contributed by atoms with van der Waals surface area (Å²) in [5.41, 5.74) is 3.61. The summed E-state index contributed by atoms with van der Waals surface area (Å²) in [6.07, 6.45) is 0. The van der Waals surface area contributed by atoms with Crippen LogP contribution in [-0.2, 0) is 0 Å². The van der Waals surface area contributed by atoms with Crippen LogP contribution in [0.5, 0.6) is 0 Å². The Balaban J connectivity index is 1.98. The quantitative estimate of drug-likeness (QED) is 0.746. The van der Waals surface area contributed by atoms with E-state index in [4.69, 9.17) is 11.6 Å². The van der Waals surface area contributed by atoms with Crippen molar-refractivity contribution in [1.82, 2.24) is 4.98 Å². The molecule has 1 heterocycles. The highest BCUT2D eigenvalue weighted by atomic mass is 35.5. The van der Waals surface area contributed by atoms with E-state index < -0.39 is 0 Å². The Morgan fingerprint density at radius 3 is 2.90 bits per heavy atom. The second kappa shape index (κ2) is 5.42. The molecule has 0 fully saturated rings. The summed E-state index contributed by atoms with van der Waals surface area (Å²) >= 11 is 7.60. The lowest BCUT2D eigenvalue weighted by atomic mass is 10.1. The first-order valence-electron chi connectivity index (χ1n) is 6.15. The number of anilines is 1. The van der Waals surface area contributed by atoms with Gasteiger partial charge in [-0.25, -0.2) is 9.37 Å². The summed E-state index contributed by atoms with van der Waals surface area (Å²) < 4.78 is 14.2. The van der Waals surface area contributed by atoms with Crippen LogP contribution in [0.2, 0.25) is 5.02 Å². The van der Waals surface area contributed by atoms with Crippen LogP contribution in [0.15, 0.2) is 35.8 Å². The van der Waals surface area contributed by atoms with Gasteiger partial charge in [-0.05, 0) is 42.8 Å². The van der Waals surface area contributed by atoms with Gasteiger partial charge in [-0.3, -0.25) is 4.79 Å². The minimum atomic E-state index is -0.347. The van der Waals surface area contributed by atoms with Gasteiger partial charge in [-0.2, -0.15) is 0 Å². The van der Waals surface area contributed by atoms with Crippen molar-refractivity contribution in [2.24, 2.45) is 0 Å². The molecule has 1 N–H and O–H groups in total. The largest absolute Gasteiger partial charge is 0.319 e. The van der Waals surface area contributed by atoms with E-state index in [1.807, 2.05) is 6.07 Å². The number of benzene rings is 2. The lowest BCUT2D eigenvalue weighted by Gasteiger charge is -2.09. The predicted molar refractivity (Wildman–Crippen MR) is 83.7 cm³/mol. The SMILES string of the molecule is Cc1cc(C(=O)Nc2c(Cl)ccc3scnc23)ccc1F. The summed E-state index contributed by atoms with van der Waals surface area (Å²) in [5.74, 6) is -0.688. The van der Waals surface area contributed by atoms with Crippen LogP contribution in [-0.4, -0.2) is 10.9 Å². The fraction of sp³-hybridized carbons (Fsp3) is 0.0667. The van der Waals surface area contributed by atoms with E-state index in [0.717, 1.165) is 4.70 Å². The van der Waals surface area contributed by atoms with E-state index in [2.05, 4.69) is 10.3 Å². The third-order valence-corrected chi connectivity index (χ3v) is 4.22. The van der Waals surface area contributed by atoms with Crippen molar-refractivity contribution in [2.45, 2.75) is 6.92 Å². The fourth-order valence-corrected chi connectivity index (χ4v) is 2.88. The third kappa shape index (κ3) is 2.62. The van der Waals surface area contributed by atoms with Crippen LogP contribution in [0.3, 0.4) is 0 Å². The van der Waals surface area contributed by atoms with Gasteiger partial charge in [-0.15, -0.1) is 11.3 Å². The number of fused-ring (bicyclic) bond motifs is 1. The molecule has 3 rings (SSSR count). The van der Waals surface area contributed by atoms with Gasteiger partial charge in [0.05, 0.1) is 20.9 Å². The van der Waals surface area contributed by atoms with Crippen LogP contribution < -0.4 is 5.32 Å². The smallest absolute Gasteiger partial charge is 0.255 e. The summed E-state index contributed by atoms with van der Waals surface area (Å²) in [5, 5.41) is 3.17. The Morgan fingerprint density at radius 2 is 2.14 bits per heavy atom. The molecule has 0 aliphatic heterocycles. The molecular formula is C15H10ClFN2OS. The van der Waals surface area contributed by atoms with Crippen molar-refractivity contribution in [3.05, 3.63) is 57.8 Å². The Morgan fingerprint density at radius 1 is 1.33 bits per heavy atom. The summed E-state index contributed by atoms with van der Waals surface area (Å²) in [6, 6.07) is 7.78. The molecular weight excluding hydrogens is 311 g/mol. The second-order valence-electron chi connectivity index (χ2n) is 4.54. The van der Waals surface area contributed by atoms with E-state index in [-0.39, 0.29) is 11.7 Å². The molecule has 106 valence electrons. The van der Waals surface area contributed by atoms with Crippen molar-refractivity contribution in [3.8, 4) is 0 Å². The van der Waals surface area contributed by atoms with Crippen LogP contribution in [0.4, 0.5) is 10.1 Å². The van der Waals surface area contributed by atoms with Crippen molar-refractivity contribution < 1.29 is 9.18 Å². The number of aromatic nitrogens is 1. The van der Waals surface area contributed by atoms with Crippen LogP contribution in [0.1, 0.15) is 15.9 Å². The van der Waals surface area contributed by atoms with Gasteiger partial charge >= 0.3 is 0 Å². The lowest BCUT2D eigenvalue weighted by molar-refractivity contribution is 0.102. The van der Waals surface area contributed by atoms with Gasteiger partial charge < -0.3 is 5.32 Å². The average molecular weight is 321 g/mol. The molecule has 0 atom stereocenters. The first kappa shape index (κ1) is 14.0. The van der Waals surface area contributed by atoms with Crippen LogP contribution >= 0.6 is 22.9 Å². The fourth-order valence-electron chi connectivity index (χ4n) is 2.00. The molecule has 1 aromatic heterocycles. The number of halogens is 2. The monoisotopic (exact) mass is 320 g/mol. The van der Waals surface area contributed by atoms with Crippen molar-refractivity contribution >= 4 is 44.7 Å². The minimum Gasteiger partial charge on any atom is -0.319 e.